The normalized spacial score (nSPS) is 14.6. The number of nitrogens with zero attached hydrogens (tertiary/aromatic N) is 1. The molecule has 2 aromatic carbocycles. The van der Waals surface area contributed by atoms with Crippen molar-refractivity contribution in [2.24, 2.45) is 0 Å². The summed E-state index contributed by atoms with van der Waals surface area (Å²) in [7, 11) is 0. The number of fused-ring (bicyclic) bond motifs is 2. The third kappa shape index (κ3) is 2.38. The van der Waals surface area contributed by atoms with Gasteiger partial charge in [-0.1, -0.05) is 68.3 Å². The van der Waals surface area contributed by atoms with E-state index in [4.69, 9.17) is 4.98 Å². The third-order valence-electron chi connectivity index (χ3n) is 3.59. The molecule has 1 heterocycles. The number of aromatic nitrogens is 1. The van der Waals surface area contributed by atoms with Gasteiger partial charge in [-0.25, -0.2) is 4.98 Å². The van der Waals surface area contributed by atoms with Crippen molar-refractivity contribution in [2.45, 2.75) is 23.5 Å². The molecule has 1 nitrogen and oxygen atoms in total. The minimum absolute atomic E-state index is 0.296. The Kier molecular flexibility index (Phi) is 3.83. The lowest BCUT2D eigenvalue weighted by Crippen LogP contribution is -1.94. The van der Waals surface area contributed by atoms with Gasteiger partial charge < -0.3 is 0 Å². The molecule has 20 heavy (non-hydrogen) atoms. The van der Waals surface area contributed by atoms with Crippen LogP contribution in [0.2, 0.25) is 0 Å². The van der Waals surface area contributed by atoms with E-state index < -0.39 is 0 Å². The lowest BCUT2D eigenvalue weighted by atomic mass is 10.0. The third-order valence-corrected chi connectivity index (χ3v) is 4.58. The zero-order valence-corrected chi connectivity index (χ0v) is 14.6. The number of halogens is 2. The number of hydrogen-bond donors (Lipinski definition) is 0. The predicted molar refractivity (Wildman–Crippen MR) is 93.9 cm³/mol. The summed E-state index contributed by atoms with van der Waals surface area (Å²) >= 11 is 7.33. The number of pyridine rings is 1. The molecule has 0 amide bonds. The summed E-state index contributed by atoms with van der Waals surface area (Å²) in [5, 5.41) is 2.39. The van der Waals surface area contributed by atoms with E-state index in [1.54, 1.807) is 0 Å². The molecule has 3 heteroatoms. The van der Waals surface area contributed by atoms with E-state index in [0.717, 1.165) is 11.0 Å². The molecule has 1 aromatic heterocycles. The highest BCUT2D eigenvalue weighted by molar-refractivity contribution is 9.09. The highest BCUT2D eigenvalue weighted by atomic mass is 79.9. The van der Waals surface area contributed by atoms with Crippen LogP contribution in [0.15, 0.2) is 42.5 Å². The zero-order valence-electron chi connectivity index (χ0n) is 11.4. The maximum Gasteiger partial charge on any atom is 0.0753 e. The van der Waals surface area contributed by atoms with Crippen molar-refractivity contribution >= 4 is 53.7 Å². The Bertz CT molecular complexity index is 715. The Morgan fingerprint density at radius 1 is 0.800 bits per heavy atom. The second kappa shape index (κ2) is 5.45. The Balaban J connectivity index is 2.42. The van der Waals surface area contributed by atoms with Crippen LogP contribution in [0, 0.1) is 0 Å². The van der Waals surface area contributed by atoms with Gasteiger partial charge in [-0.15, -0.1) is 0 Å². The van der Waals surface area contributed by atoms with Crippen molar-refractivity contribution < 1.29 is 0 Å². The first-order chi connectivity index (χ1) is 9.58. The van der Waals surface area contributed by atoms with Crippen molar-refractivity contribution in [3.05, 3.63) is 53.6 Å². The molecule has 0 fully saturated rings. The quantitative estimate of drug-likeness (QED) is 0.368. The SMILES string of the molecule is CC(Br)c1cccc2cc3cccc(C(C)Br)c3nc12. The fourth-order valence-corrected chi connectivity index (χ4v) is 3.31. The molecule has 0 saturated carbocycles. The van der Waals surface area contributed by atoms with E-state index in [9.17, 15) is 0 Å². The molecule has 0 radical (unpaired) electrons. The molecule has 2 unspecified atom stereocenters. The molecule has 0 saturated heterocycles. The number of rotatable bonds is 2. The van der Waals surface area contributed by atoms with Crippen LogP contribution in [0.4, 0.5) is 0 Å². The van der Waals surface area contributed by atoms with Crippen molar-refractivity contribution in [2.75, 3.05) is 0 Å². The first kappa shape index (κ1) is 14.0. The molecule has 2 atom stereocenters. The smallest absolute Gasteiger partial charge is 0.0753 e. The van der Waals surface area contributed by atoms with Crippen molar-refractivity contribution in [1.82, 2.24) is 4.98 Å². The van der Waals surface area contributed by atoms with Gasteiger partial charge in [0.25, 0.3) is 0 Å². The standard InChI is InChI=1S/C17H15Br2N/c1-10(18)14-7-3-5-12-9-13-6-4-8-15(11(2)19)17(13)20-16(12)14/h3-11H,1-2H3. The first-order valence-electron chi connectivity index (χ1n) is 6.68. The summed E-state index contributed by atoms with van der Waals surface area (Å²) in [4.78, 5) is 5.55. The van der Waals surface area contributed by atoms with E-state index in [1.165, 1.54) is 21.9 Å². The fourth-order valence-electron chi connectivity index (χ4n) is 2.57. The summed E-state index contributed by atoms with van der Waals surface area (Å²) in [5.74, 6) is 0. The maximum absolute atomic E-state index is 4.96. The average Bonchev–Trinajstić information content (AvgIpc) is 2.43. The van der Waals surface area contributed by atoms with Crippen LogP contribution < -0.4 is 0 Å². The van der Waals surface area contributed by atoms with E-state index in [1.807, 2.05) is 0 Å². The van der Waals surface area contributed by atoms with Crippen LogP contribution in [0.3, 0.4) is 0 Å². The lowest BCUT2D eigenvalue weighted by molar-refractivity contribution is 1.12. The summed E-state index contributed by atoms with van der Waals surface area (Å²) in [6.07, 6.45) is 0. The molecule has 3 rings (SSSR count). The minimum Gasteiger partial charge on any atom is -0.247 e. The van der Waals surface area contributed by atoms with Crippen LogP contribution in [0.5, 0.6) is 0 Å². The zero-order chi connectivity index (χ0) is 14.3. The van der Waals surface area contributed by atoms with Crippen molar-refractivity contribution in [3.8, 4) is 0 Å². The molecular weight excluding hydrogens is 378 g/mol. The van der Waals surface area contributed by atoms with Crippen LogP contribution in [0.1, 0.15) is 34.6 Å². The Morgan fingerprint density at radius 2 is 1.25 bits per heavy atom. The number of alkyl halides is 2. The van der Waals surface area contributed by atoms with Crippen LogP contribution in [-0.4, -0.2) is 4.98 Å². The second-order valence-electron chi connectivity index (χ2n) is 5.06. The van der Waals surface area contributed by atoms with Gasteiger partial charge in [0.05, 0.1) is 11.0 Å². The summed E-state index contributed by atoms with van der Waals surface area (Å²) in [5.41, 5.74) is 4.65. The molecule has 102 valence electrons. The van der Waals surface area contributed by atoms with Gasteiger partial charge in [-0.2, -0.15) is 0 Å². The Labute approximate surface area is 135 Å². The second-order valence-corrected chi connectivity index (χ2v) is 7.81. The van der Waals surface area contributed by atoms with Gasteiger partial charge in [-0.05, 0) is 31.0 Å². The Hall–Kier alpha value is -0.930. The van der Waals surface area contributed by atoms with Gasteiger partial charge in [0.1, 0.15) is 0 Å². The number of para-hydroxylation sites is 2. The molecule has 0 aliphatic rings. The van der Waals surface area contributed by atoms with Crippen molar-refractivity contribution in [3.63, 3.8) is 0 Å². The maximum atomic E-state index is 4.96. The molecular formula is C17H15Br2N. The van der Waals surface area contributed by atoms with Crippen LogP contribution in [-0.2, 0) is 0 Å². The molecule has 0 bridgehead atoms. The summed E-state index contributed by atoms with van der Waals surface area (Å²) in [6.45, 7) is 4.28. The van der Waals surface area contributed by atoms with Gasteiger partial charge in [-0.3, -0.25) is 0 Å². The van der Waals surface area contributed by atoms with E-state index in [2.05, 4.69) is 88.2 Å². The topological polar surface area (TPSA) is 12.9 Å². The monoisotopic (exact) mass is 391 g/mol. The highest BCUT2D eigenvalue weighted by Crippen LogP contribution is 2.33. The van der Waals surface area contributed by atoms with E-state index in [0.29, 0.717) is 9.65 Å². The molecule has 0 spiro atoms. The van der Waals surface area contributed by atoms with E-state index in [-0.39, 0.29) is 0 Å². The van der Waals surface area contributed by atoms with Crippen LogP contribution in [0.25, 0.3) is 21.8 Å². The largest absolute Gasteiger partial charge is 0.247 e. The predicted octanol–water partition coefficient (Wildman–Crippen LogP) is 6.30. The Morgan fingerprint density at radius 3 is 1.65 bits per heavy atom. The lowest BCUT2D eigenvalue weighted by Gasteiger charge is -2.12. The van der Waals surface area contributed by atoms with Crippen LogP contribution >= 0.6 is 31.9 Å². The molecule has 0 N–H and O–H groups in total. The molecule has 0 aliphatic heterocycles. The highest BCUT2D eigenvalue weighted by Gasteiger charge is 2.12. The van der Waals surface area contributed by atoms with E-state index >= 15 is 0 Å². The molecule has 3 aromatic rings. The summed E-state index contributed by atoms with van der Waals surface area (Å²) < 4.78 is 0. The number of hydrogen-bond acceptors (Lipinski definition) is 1. The van der Waals surface area contributed by atoms with Crippen molar-refractivity contribution in [1.29, 1.82) is 0 Å². The van der Waals surface area contributed by atoms with Gasteiger partial charge >= 0.3 is 0 Å². The van der Waals surface area contributed by atoms with Gasteiger partial charge in [0.2, 0.25) is 0 Å². The fraction of sp³-hybridized carbons (Fsp3) is 0.235. The van der Waals surface area contributed by atoms with Gasteiger partial charge in [0, 0.05) is 20.4 Å². The number of benzene rings is 2. The average molecular weight is 393 g/mol. The minimum atomic E-state index is 0.296. The van der Waals surface area contributed by atoms with Gasteiger partial charge in [0.15, 0.2) is 0 Å². The summed E-state index contributed by atoms with van der Waals surface area (Å²) in [6, 6.07) is 15.0. The molecule has 0 aliphatic carbocycles. The first-order valence-corrected chi connectivity index (χ1v) is 8.51.